The Balaban J connectivity index is 2.41. The maximum Gasteiger partial charge on any atom is 0.307 e. The summed E-state index contributed by atoms with van der Waals surface area (Å²) in [5.41, 5.74) is 2.85. The maximum absolute atomic E-state index is 10.8. The van der Waals surface area contributed by atoms with E-state index in [2.05, 4.69) is 18.4 Å². The van der Waals surface area contributed by atoms with Crippen LogP contribution in [0.15, 0.2) is 18.2 Å². The van der Waals surface area contributed by atoms with Crippen LogP contribution >= 0.6 is 0 Å². The van der Waals surface area contributed by atoms with Gasteiger partial charge in [-0.1, -0.05) is 26.3 Å². The molecule has 1 heterocycles. The molecule has 4 heteroatoms. The van der Waals surface area contributed by atoms with E-state index < -0.39 is 5.97 Å². The van der Waals surface area contributed by atoms with Crippen LogP contribution in [0.5, 0.6) is 0 Å². The summed E-state index contributed by atoms with van der Waals surface area (Å²) in [6, 6.07) is 5.82. The van der Waals surface area contributed by atoms with E-state index in [1.54, 1.807) is 0 Å². The fourth-order valence-corrected chi connectivity index (χ4v) is 2.49. The van der Waals surface area contributed by atoms with Crippen molar-refractivity contribution in [3.63, 3.8) is 0 Å². The lowest BCUT2D eigenvalue weighted by molar-refractivity contribution is -0.136. The standard InChI is InChI=1S/C16H22N2O2/c1-3-5-9-18-14-8-7-12(11-16(19)20)10-13(14)17-15(18)6-4-2/h7-8,10H,3-6,9,11H2,1-2H3,(H,19,20). The summed E-state index contributed by atoms with van der Waals surface area (Å²) in [5.74, 6) is 0.312. The predicted octanol–water partition coefficient (Wildman–Crippen LogP) is 3.42. The molecule has 0 fully saturated rings. The highest BCUT2D eigenvalue weighted by atomic mass is 16.4. The summed E-state index contributed by atoms with van der Waals surface area (Å²) in [5, 5.41) is 8.87. The number of unbranched alkanes of at least 4 members (excludes halogenated alkanes) is 1. The van der Waals surface area contributed by atoms with Crippen LogP contribution in [0, 0.1) is 0 Å². The van der Waals surface area contributed by atoms with Crippen molar-refractivity contribution in [2.75, 3.05) is 0 Å². The first-order valence-corrected chi connectivity index (χ1v) is 7.35. The third kappa shape index (κ3) is 3.18. The second-order valence-electron chi connectivity index (χ2n) is 5.18. The number of fused-ring (bicyclic) bond motifs is 1. The minimum Gasteiger partial charge on any atom is -0.481 e. The molecule has 0 radical (unpaired) electrons. The highest BCUT2D eigenvalue weighted by Gasteiger charge is 2.11. The second-order valence-corrected chi connectivity index (χ2v) is 5.18. The molecule has 0 saturated heterocycles. The minimum absolute atomic E-state index is 0.0564. The van der Waals surface area contributed by atoms with Crippen LogP contribution in [0.4, 0.5) is 0 Å². The van der Waals surface area contributed by atoms with E-state index in [9.17, 15) is 4.79 Å². The maximum atomic E-state index is 10.8. The Morgan fingerprint density at radius 3 is 2.75 bits per heavy atom. The van der Waals surface area contributed by atoms with Crippen molar-refractivity contribution in [3.8, 4) is 0 Å². The summed E-state index contributed by atoms with van der Waals surface area (Å²) < 4.78 is 2.28. The fourth-order valence-electron chi connectivity index (χ4n) is 2.49. The highest BCUT2D eigenvalue weighted by molar-refractivity contribution is 5.79. The molecule has 108 valence electrons. The summed E-state index contributed by atoms with van der Waals surface area (Å²) in [7, 11) is 0. The minimum atomic E-state index is -0.802. The molecule has 4 nitrogen and oxygen atoms in total. The number of hydrogen-bond acceptors (Lipinski definition) is 2. The normalized spacial score (nSPS) is 11.1. The van der Waals surface area contributed by atoms with Crippen LogP contribution in [0.3, 0.4) is 0 Å². The van der Waals surface area contributed by atoms with Crippen molar-refractivity contribution in [3.05, 3.63) is 29.6 Å². The number of aryl methyl sites for hydroxylation is 2. The number of imidazole rings is 1. The Hall–Kier alpha value is -1.84. The van der Waals surface area contributed by atoms with Gasteiger partial charge in [-0.2, -0.15) is 0 Å². The van der Waals surface area contributed by atoms with Gasteiger partial charge in [-0.25, -0.2) is 4.98 Å². The number of aromatic nitrogens is 2. The monoisotopic (exact) mass is 274 g/mol. The van der Waals surface area contributed by atoms with Crippen LogP contribution < -0.4 is 0 Å². The molecule has 0 spiro atoms. The Morgan fingerprint density at radius 1 is 1.30 bits per heavy atom. The summed E-state index contributed by atoms with van der Waals surface area (Å²) in [6.45, 7) is 5.32. The van der Waals surface area contributed by atoms with Crippen LogP contribution in [-0.4, -0.2) is 20.6 Å². The van der Waals surface area contributed by atoms with Gasteiger partial charge in [0.15, 0.2) is 0 Å². The van der Waals surface area contributed by atoms with Crippen molar-refractivity contribution in [2.45, 2.75) is 52.5 Å². The lowest BCUT2D eigenvalue weighted by Gasteiger charge is -2.07. The molecule has 2 rings (SSSR count). The number of carbonyl (C=O) groups is 1. The van der Waals surface area contributed by atoms with Crippen molar-refractivity contribution >= 4 is 17.0 Å². The molecule has 2 aromatic rings. The van der Waals surface area contributed by atoms with Gasteiger partial charge in [0.05, 0.1) is 17.5 Å². The molecule has 0 saturated carbocycles. The number of nitrogens with zero attached hydrogens (tertiary/aromatic N) is 2. The molecule has 0 aliphatic heterocycles. The first kappa shape index (κ1) is 14.6. The van der Waals surface area contributed by atoms with Gasteiger partial charge < -0.3 is 9.67 Å². The SMILES string of the molecule is CCCCn1c(CCC)nc2cc(CC(=O)O)ccc21. The molecule has 0 aliphatic rings. The third-order valence-corrected chi connectivity index (χ3v) is 3.46. The van der Waals surface area contributed by atoms with Gasteiger partial charge in [-0.3, -0.25) is 4.79 Å². The molecule has 0 amide bonds. The third-order valence-electron chi connectivity index (χ3n) is 3.46. The second kappa shape index (κ2) is 6.55. The average molecular weight is 274 g/mol. The Kier molecular flexibility index (Phi) is 4.77. The van der Waals surface area contributed by atoms with Crippen LogP contribution in [0.25, 0.3) is 11.0 Å². The Bertz CT molecular complexity index is 602. The van der Waals surface area contributed by atoms with Crippen LogP contribution in [0.2, 0.25) is 0 Å². The van der Waals surface area contributed by atoms with E-state index in [1.165, 1.54) is 0 Å². The smallest absolute Gasteiger partial charge is 0.307 e. The van der Waals surface area contributed by atoms with E-state index in [0.717, 1.165) is 54.6 Å². The van der Waals surface area contributed by atoms with Gasteiger partial charge in [-0.15, -0.1) is 0 Å². The van der Waals surface area contributed by atoms with Crippen LogP contribution in [0.1, 0.15) is 44.5 Å². The van der Waals surface area contributed by atoms with Crippen molar-refractivity contribution in [1.29, 1.82) is 0 Å². The molecule has 1 aromatic carbocycles. The van der Waals surface area contributed by atoms with E-state index in [-0.39, 0.29) is 6.42 Å². The van der Waals surface area contributed by atoms with Crippen LogP contribution in [-0.2, 0) is 24.2 Å². The number of carboxylic acid groups (broad SMARTS) is 1. The summed E-state index contributed by atoms with van der Waals surface area (Å²) >= 11 is 0. The Labute approximate surface area is 119 Å². The van der Waals surface area contributed by atoms with E-state index in [0.29, 0.717) is 0 Å². The zero-order valence-corrected chi connectivity index (χ0v) is 12.2. The number of rotatable bonds is 7. The topological polar surface area (TPSA) is 55.1 Å². The van der Waals surface area contributed by atoms with Crippen molar-refractivity contribution < 1.29 is 9.90 Å². The van der Waals surface area contributed by atoms with E-state index >= 15 is 0 Å². The van der Waals surface area contributed by atoms with Gasteiger partial charge >= 0.3 is 5.97 Å². The zero-order chi connectivity index (χ0) is 14.5. The molecule has 1 aromatic heterocycles. The van der Waals surface area contributed by atoms with Gasteiger partial charge in [0.1, 0.15) is 5.82 Å². The van der Waals surface area contributed by atoms with Crippen molar-refractivity contribution in [2.24, 2.45) is 0 Å². The number of benzene rings is 1. The molecular formula is C16H22N2O2. The molecule has 0 atom stereocenters. The summed E-state index contributed by atoms with van der Waals surface area (Å²) in [4.78, 5) is 15.5. The molecular weight excluding hydrogens is 252 g/mol. The molecule has 1 N–H and O–H groups in total. The van der Waals surface area contributed by atoms with E-state index in [4.69, 9.17) is 10.1 Å². The average Bonchev–Trinajstić information content (AvgIpc) is 2.73. The molecule has 0 unspecified atom stereocenters. The molecule has 0 aliphatic carbocycles. The van der Waals surface area contributed by atoms with Gasteiger partial charge in [0, 0.05) is 13.0 Å². The van der Waals surface area contributed by atoms with Gasteiger partial charge in [0.25, 0.3) is 0 Å². The lowest BCUT2D eigenvalue weighted by atomic mass is 10.1. The van der Waals surface area contributed by atoms with Gasteiger partial charge in [-0.05, 0) is 30.5 Å². The van der Waals surface area contributed by atoms with E-state index in [1.807, 2.05) is 18.2 Å². The largest absolute Gasteiger partial charge is 0.481 e. The lowest BCUT2D eigenvalue weighted by Crippen LogP contribution is -2.04. The first-order chi connectivity index (χ1) is 9.65. The van der Waals surface area contributed by atoms with Crippen molar-refractivity contribution in [1.82, 2.24) is 9.55 Å². The zero-order valence-electron chi connectivity index (χ0n) is 12.2. The van der Waals surface area contributed by atoms with Gasteiger partial charge in [0.2, 0.25) is 0 Å². The quantitative estimate of drug-likeness (QED) is 0.841. The summed E-state index contributed by atoms with van der Waals surface area (Å²) in [6.07, 6.45) is 4.38. The molecule has 0 bridgehead atoms. The Morgan fingerprint density at radius 2 is 2.10 bits per heavy atom. The number of hydrogen-bond donors (Lipinski definition) is 1. The predicted molar refractivity (Wildman–Crippen MR) is 80.0 cm³/mol. The number of carboxylic acids is 1. The highest BCUT2D eigenvalue weighted by Crippen LogP contribution is 2.20. The molecule has 20 heavy (non-hydrogen) atoms. The fraction of sp³-hybridized carbons (Fsp3) is 0.500. The number of aliphatic carboxylic acids is 1. The first-order valence-electron chi connectivity index (χ1n) is 7.35.